The molecule has 3 heteroatoms. The Hall–Kier alpha value is -6.06. The molecule has 54 heavy (non-hydrogen) atoms. The standard InChI is InChI=1S/C51H43N3/c1-32-26-48-40(37-16-8-9-17-38(37)45-19-12-13-25-52(45)48)23-21-34-27-49-42(30-41(34)46-24-22-35(31-53(32)46)33-14-6-5-7-15-33)44-29-36(51(2,3)4)28-43-39-18-10-11-20-47(39)54(49)50(43)44/h5-20,22,24-25,27-31,40,48H,1,21,23,26H2,2-4H3/q+2. The highest BCUT2D eigenvalue weighted by Gasteiger charge is 2.42. The van der Waals surface area contributed by atoms with Crippen molar-refractivity contribution in [2.24, 2.45) is 0 Å². The molecule has 2 aliphatic heterocycles. The number of rotatable bonds is 1. The first-order chi connectivity index (χ1) is 26.3. The van der Waals surface area contributed by atoms with Gasteiger partial charge in [-0.3, -0.25) is 0 Å². The monoisotopic (exact) mass is 697 g/mol. The third kappa shape index (κ3) is 4.54. The highest BCUT2D eigenvalue weighted by Crippen LogP contribution is 2.47. The Morgan fingerprint density at radius 1 is 0.648 bits per heavy atom. The SMILES string of the molecule is C=C1CC2C(CCc3cc4c(cc3-c3ccc(-c5ccccc5)c[n+]31)c1cc(C(C)(C)C)cc3c5ccccc5n4c31)c1ccccc1-c1cccc[n+]12. The summed E-state index contributed by atoms with van der Waals surface area (Å²) in [6, 6.07) is 50.4. The van der Waals surface area contributed by atoms with Crippen LogP contribution in [0.2, 0.25) is 0 Å². The van der Waals surface area contributed by atoms with Gasteiger partial charge in [-0.2, -0.15) is 9.13 Å². The van der Waals surface area contributed by atoms with E-state index in [2.05, 4.69) is 180 Å². The van der Waals surface area contributed by atoms with Crippen LogP contribution in [0.1, 0.15) is 62.3 Å². The summed E-state index contributed by atoms with van der Waals surface area (Å²) in [6.45, 7) is 11.9. The minimum atomic E-state index is 0.0217. The molecule has 0 fully saturated rings. The van der Waals surface area contributed by atoms with Gasteiger partial charge in [0, 0.05) is 56.8 Å². The molecule has 260 valence electrons. The second kappa shape index (κ2) is 11.5. The fourth-order valence-electron chi connectivity index (χ4n) is 9.91. The second-order valence-corrected chi connectivity index (χ2v) is 16.7. The number of hydrogen-bond donors (Lipinski definition) is 0. The predicted octanol–water partition coefficient (Wildman–Crippen LogP) is 11.9. The molecule has 2 unspecified atom stereocenters. The number of para-hydroxylation sites is 1. The van der Waals surface area contributed by atoms with E-state index in [0.29, 0.717) is 5.92 Å². The number of allylic oxidation sites excluding steroid dienone is 1. The topological polar surface area (TPSA) is 12.2 Å². The van der Waals surface area contributed by atoms with Gasteiger partial charge in [-0.05, 0) is 95.6 Å². The summed E-state index contributed by atoms with van der Waals surface area (Å²) >= 11 is 0. The van der Waals surface area contributed by atoms with Crippen molar-refractivity contribution in [3.8, 4) is 33.6 Å². The van der Waals surface area contributed by atoms with Crippen LogP contribution >= 0.6 is 0 Å². The third-order valence-corrected chi connectivity index (χ3v) is 12.6. The molecule has 0 aliphatic carbocycles. The Morgan fingerprint density at radius 3 is 2.26 bits per heavy atom. The molecule has 0 bridgehead atoms. The first-order valence-corrected chi connectivity index (χ1v) is 19.5. The maximum atomic E-state index is 4.90. The zero-order valence-corrected chi connectivity index (χ0v) is 31.2. The first-order valence-electron chi connectivity index (χ1n) is 19.5. The Balaban J connectivity index is 1.21. The van der Waals surface area contributed by atoms with E-state index < -0.39 is 0 Å². The number of hydrogen-bond acceptors (Lipinski definition) is 0. The Morgan fingerprint density at radius 2 is 1.41 bits per heavy atom. The van der Waals surface area contributed by atoms with Gasteiger partial charge in [-0.25, -0.2) is 0 Å². The van der Waals surface area contributed by atoms with Gasteiger partial charge in [0.15, 0.2) is 24.1 Å². The molecule has 3 nitrogen and oxygen atoms in total. The number of aromatic nitrogens is 3. The van der Waals surface area contributed by atoms with E-state index in [1.807, 2.05) is 0 Å². The van der Waals surface area contributed by atoms with Crippen LogP contribution in [-0.4, -0.2) is 4.40 Å². The van der Waals surface area contributed by atoms with Gasteiger partial charge in [0.2, 0.25) is 11.4 Å². The van der Waals surface area contributed by atoms with Crippen LogP contribution in [0.25, 0.3) is 77.4 Å². The number of aryl methyl sites for hydroxylation is 1. The molecule has 11 rings (SSSR count). The minimum absolute atomic E-state index is 0.0217. The Bertz CT molecular complexity index is 2980. The summed E-state index contributed by atoms with van der Waals surface area (Å²) < 4.78 is 7.51. The number of pyridine rings is 2. The lowest BCUT2D eigenvalue weighted by Gasteiger charge is -2.31. The summed E-state index contributed by atoms with van der Waals surface area (Å²) in [5.74, 6) is 0.337. The van der Waals surface area contributed by atoms with Gasteiger partial charge in [0.05, 0.1) is 28.5 Å². The molecular weight excluding hydrogens is 655 g/mol. The normalized spacial score (nSPS) is 17.0. The van der Waals surface area contributed by atoms with Crippen LogP contribution in [0.15, 0.2) is 152 Å². The van der Waals surface area contributed by atoms with Gasteiger partial charge >= 0.3 is 0 Å². The van der Waals surface area contributed by atoms with Gasteiger partial charge in [0.1, 0.15) is 0 Å². The van der Waals surface area contributed by atoms with E-state index in [-0.39, 0.29) is 11.5 Å². The Labute approximate surface area is 316 Å². The maximum Gasteiger partial charge on any atom is 0.218 e. The van der Waals surface area contributed by atoms with Gasteiger partial charge in [0.25, 0.3) is 0 Å². The van der Waals surface area contributed by atoms with Crippen molar-refractivity contribution < 1.29 is 9.13 Å². The first kappa shape index (κ1) is 31.5. The lowest BCUT2D eigenvalue weighted by atomic mass is 9.77. The summed E-state index contributed by atoms with van der Waals surface area (Å²) in [7, 11) is 0. The van der Waals surface area contributed by atoms with Gasteiger partial charge in [-0.1, -0.05) is 87.5 Å². The molecule has 2 aliphatic rings. The van der Waals surface area contributed by atoms with E-state index in [9.17, 15) is 0 Å². The van der Waals surface area contributed by atoms with E-state index in [0.717, 1.165) is 25.0 Å². The number of benzene rings is 5. The zero-order chi connectivity index (χ0) is 36.3. The number of nitrogens with zero attached hydrogens (tertiary/aromatic N) is 3. The second-order valence-electron chi connectivity index (χ2n) is 16.7. The summed E-state index contributed by atoms with van der Waals surface area (Å²) in [5.41, 5.74) is 16.8. The fraction of sp³-hybridized carbons (Fsp3) is 0.176. The van der Waals surface area contributed by atoms with Crippen molar-refractivity contribution in [2.45, 2.75) is 57.4 Å². The van der Waals surface area contributed by atoms with E-state index >= 15 is 0 Å². The molecule has 0 saturated heterocycles. The van der Waals surface area contributed by atoms with E-state index in [4.69, 9.17) is 6.58 Å². The van der Waals surface area contributed by atoms with Crippen LogP contribution < -0.4 is 9.13 Å². The van der Waals surface area contributed by atoms with Crippen LogP contribution in [0.4, 0.5) is 0 Å². The van der Waals surface area contributed by atoms with Crippen molar-refractivity contribution in [3.05, 3.63) is 169 Å². The van der Waals surface area contributed by atoms with E-state index in [1.165, 1.54) is 88.4 Å². The average Bonchev–Trinajstić information content (AvgIpc) is 3.71. The zero-order valence-electron chi connectivity index (χ0n) is 31.2. The van der Waals surface area contributed by atoms with Crippen LogP contribution in [0.5, 0.6) is 0 Å². The largest absolute Gasteiger partial charge is 0.308 e. The van der Waals surface area contributed by atoms with Crippen molar-refractivity contribution in [2.75, 3.05) is 0 Å². The fourth-order valence-corrected chi connectivity index (χ4v) is 9.91. The van der Waals surface area contributed by atoms with Crippen LogP contribution in [0, 0.1) is 0 Å². The summed E-state index contributed by atoms with van der Waals surface area (Å²) in [5, 5.41) is 5.33. The quantitative estimate of drug-likeness (QED) is 0.151. The lowest BCUT2D eigenvalue weighted by molar-refractivity contribution is -0.720. The lowest BCUT2D eigenvalue weighted by Crippen LogP contribution is -2.49. The summed E-state index contributed by atoms with van der Waals surface area (Å²) in [6.07, 6.45) is 7.50. The molecule has 0 spiro atoms. The van der Waals surface area contributed by atoms with Crippen molar-refractivity contribution in [1.82, 2.24) is 4.40 Å². The average molecular weight is 698 g/mol. The smallest absolute Gasteiger partial charge is 0.218 e. The van der Waals surface area contributed by atoms with E-state index in [1.54, 1.807) is 0 Å². The highest BCUT2D eigenvalue weighted by molar-refractivity contribution is 6.24. The molecule has 0 radical (unpaired) electrons. The molecule has 9 aromatic rings. The molecular formula is C51H43N3+2. The summed E-state index contributed by atoms with van der Waals surface area (Å²) in [4.78, 5) is 0. The predicted molar refractivity (Wildman–Crippen MR) is 223 cm³/mol. The Kier molecular flexibility index (Phi) is 6.68. The van der Waals surface area contributed by atoms with Crippen molar-refractivity contribution in [1.29, 1.82) is 0 Å². The number of fused-ring (bicyclic) bond motifs is 15. The molecule has 0 N–H and O–H groups in total. The van der Waals surface area contributed by atoms with Crippen molar-refractivity contribution >= 4 is 43.8 Å². The van der Waals surface area contributed by atoms with Crippen LogP contribution in [0.3, 0.4) is 0 Å². The minimum Gasteiger partial charge on any atom is -0.308 e. The molecule has 2 atom stereocenters. The van der Waals surface area contributed by atoms with Crippen LogP contribution in [-0.2, 0) is 11.8 Å². The highest BCUT2D eigenvalue weighted by atomic mass is 15.0. The molecule has 6 heterocycles. The van der Waals surface area contributed by atoms with Gasteiger partial charge in [-0.15, -0.1) is 0 Å². The van der Waals surface area contributed by atoms with Gasteiger partial charge < -0.3 is 4.40 Å². The molecule has 5 aromatic carbocycles. The molecule has 0 saturated carbocycles. The maximum absolute atomic E-state index is 4.90. The third-order valence-electron chi connectivity index (χ3n) is 12.6. The van der Waals surface area contributed by atoms with Crippen molar-refractivity contribution in [3.63, 3.8) is 0 Å². The molecule has 0 amide bonds. The molecule has 4 aromatic heterocycles.